The Kier molecular flexibility index (Phi) is 6.17. The lowest BCUT2D eigenvalue weighted by atomic mass is 10.00. The van der Waals surface area contributed by atoms with Gasteiger partial charge in [-0.1, -0.05) is 0 Å². The first-order valence-electron chi connectivity index (χ1n) is 11.3. The summed E-state index contributed by atoms with van der Waals surface area (Å²) in [7, 11) is 0. The van der Waals surface area contributed by atoms with Crippen LogP contribution in [0.2, 0.25) is 0 Å². The summed E-state index contributed by atoms with van der Waals surface area (Å²) in [5.41, 5.74) is 3.79. The van der Waals surface area contributed by atoms with Gasteiger partial charge in [0.05, 0.1) is 30.2 Å². The molecule has 7 nitrogen and oxygen atoms in total. The van der Waals surface area contributed by atoms with Crippen molar-refractivity contribution in [2.45, 2.75) is 19.6 Å². The van der Waals surface area contributed by atoms with Gasteiger partial charge in [0.2, 0.25) is 0 Å². The Morgan fingerprint density at radius 2 is 1.92 bits per heavy atom. The topological polar surface area (TPSA) is 63.8 Å². The van der Waals surface area contributed by atoms with Crippen LogP contribution in [0, 0.1) is 12.7 Å². The van der Waals surface area contributed by atoms with Crippen LogP contribution in [0.5, 0.6) is 0 Å². The molecule has 11 heteroatoms. The number of imidazole rings is 1. The van der Waals surface area contributed by atoms with Crippen LogP contribution in [-0.4, -0.2) is 52.3 Å². The summed E-state index contributed by atoms with van der Waals surface area (Å²) < 4.78 is 60.9. The van der Waals surface area contributed by atoms with Gasteiger partial charge in [0.25, 0.3) is 5.91 Å². The van der Waals surface area contributed by atoms with Gasteiger partial charge < -0.3 is 23.9 Å². The van der Waals surface area contributed by atoms with E-state index in [1.54, 1.807) is 13.1 Å². The molecule has 1 aromatic carbocycles. The van der Waals surface area contributed by atoms with Crippen molar-refractivity contribution in [2.75, 3.05) is 36.5 Å². The number of hydrogen-bond acceptors (Lipinski definition) is 4. The first-order valence-corrected chi connectivity index (χ1v) is 11.3. The highest BCUT2D eigenvalue weighted by atomic mass is 19.4. The number of pyridine rings is 1. The fourth-order valence-corrected chi connectivity index (χ4v) is 4.35. The molecule has 1 saturated heterocycles. The van der Waals surface area contributed by atoms with E-state index in [4.69, 9.17) is 4.74 Å². The molecule has 0 aliphatic carbocycles. The molecule has 1 amide bonds. The molecule has 0 unspecified atom stereocenters. The number of alkyl halides is 3. The van der Waals surface area contributed by atoms with E-state index in [0.717, 1.165) is 33.9 Å². The SMILES string of the molecule is Cc1cc(F)c(NC(=O)c2ccn(CC(F)(F)F)c2)cc1-c1cc(N2CCOCC2)c2nccn2c1. The maximum atomic E-state index is 14.8. The molecular formula is C25H23F4N5O2. The quantitative estimate of drug-likeness (QED) is 0.395. The minimum Gasteiger partial charge on any atom is -0.378 e. The minimum absolute atomic E-state index is 0.00443. The lowest BCUT2D eigenvalue weighted by Crippen LogP contribution is -2.36. The van der Waals surface area contributed by atoms with Crippen molar-refractivity contribution in [1.82, 2.24) is 14.0 Å². The molecule has 0 spiro atoms. The van der Waals surface area contributed by atoms with Gasteiger partial charge >= 0.3 is 6.18 Å². The van der Waals surface area contributed by atoms with E-state index in [-0.39, 0.29) is 11.3 Å². The molecule has 1 aliphatic rings. The highest BCUT2D eigenvalue weighted by molar-refractivity contribution is 6.04. The number of fused-ring (bicyclic) bond motifs is 1. The molecule has 1 fully saturated rings. The van der Waals surface area contributed by atoms with Crippen LogP contribution in [-0.2, 0) is 11.3 Å². The standard InChI is InChI=1S/C25H23F4N5O2/c1-16-10-20(26)21(31-24(35)17-2-4-32(13-17)15-25(27,28)29)12-19(16)18-11-22(33-6-8-36-9-7-33)23-30-3-5-34(23)14-18/h2-5,10-14H,6-9,15H2,1H3,(H,31,35). The fraction of sp³-hybridized carbons (Fsp3) is 0.280. The number of nitrogens with zero attached hydrogens (tertiary/aromatic N) is 4. The van der Waals surface area contributed by atoms with Crippen molar-refractivity contribution in [2.24, 2.45) is 0 Å². The first-order chi connectivity index (χ1) is 17.2. The Hall–Kier alpha value is -3.86. The van der Waals surface area contributed by atoms with Crippen LogP contribution >= 0.6 is 0 Å². The predicted octanol–water partition coefficient (Wildman–Crippen LogP) is 4.90. The van der Waals surface area contributed by atoms with Crippen LogP contribution in [0.1, 0.15) is 15.9 Å². The van der Waals surface area contributed by atoms with E-state index in [0.29, 0.717) is 37.4 Å². The summed E-state index contributed by atoms with van der Waals surface area (Å²) in [5, 5.41) is 2.50. The summed E-state index contributed by atoms with van der Waals surface area (Å²) in [6.45, 7) is 3.19. The van der Waals surface area contributed by atoms with Gasteiger partial charge in [-0.3, -0.25) is 4.79 Å². The molecule has 0 saturated carbocycles. The number of hydrogen-bond donors (Lipinski definition) is 1. The van der Waals surface area contributed by atoms with Crippen molar-refractivity contribution >= 4 is 22.9 Å². The maximum absolute atomic E-state index is 14.8. The summed E-state index contributed by atoms with van der Waals surface area (Å²) in [5.74, 6) is -1.35. The van der Waals surface area contributed by atoms with E-state index in [9.17, 15) is 22.4 Å². The van der Waals surface area contributed by atoms with Gasteiger partial charge in [-0.05, 0) is 42.3 Å². The van der Waals surface area contributed by atoms with Crippen LogP contribution in [0.3, 0.4) is 0 Å². The van der Waals surface area contributed by atoms with Crippen molar-refractivity contribution < 1.29 is 27.1 Å². The third-order valence-electron chi connectivity index (χ3n) is 6.07. The van der Waals surface area contributed by atoms with E-state index < -0.39 is 24.4 Å². The number of aryl methyl sites for hydroxylation is 1. The highest BCUT2D eigenvalue weighted by Gasteiger charge is 2.28. The van der Waals surface area contributed by atoms with Gasteiger partial charge in [0, 0.05) is 49.6 Å². The number of anilines is 2. The number of benzene rings is 1. The molecule has 36 heavy (non-hydrogen) atoms. The zero-order chi connectivity index (χ0) is 25.4. The monoisotopic (exact) mass is 501 g/mol. The fourth-order valence-electron chi connectivity index (χ4n) is 4.35. The number of carbonyl (C=O) groups is 1. The number of carbonyl (C=O) groups excluding carboxylic acids is 1. The first kappa shape index (κ1) is 23.9. The van der Waals surface area contributed by atoms with Gasteiger partial charge in [0.1, 0.15) is 12.4 Å². The lowest BCUT2D eigenvalue weighted by Gasteiger charge is -2.29. The molecule has 4 heterocycles. The van der Waals surface area contributed by atoms with Crippen molar-refractivity contribution in [3.63, 3.8) is 0 Å². The Morgan fingerprint density at radius 1 is 1.14 bits per heavy atom. The summed E-state index contributed by atoms with van der Waals surface area (Å²) >= 11 is 0. The molecule has 4 aromatic rings. The van der Waals surface area contributed by atoms with Crippen molar-refractivity contribution in [3.05, 3.63) is 72.2 Å². The predicted molar refractivity (Wildman–Crippen MR) is 127 cm³/mol. The Balaban J connectivity index is 1.47. The molecule has 1 aliphatic heterocycles. The number of aromatic nitrogens is 3. The molecule has 188 valence electrons. The van der Waals surface area contributed by atoms with Crippen LogP contribution in [0.15, 0.2) is 55.2 Å². The average Bonchev–Trinajstić information content (AvgIpc) is 3.49. The smallest absolute Gasteiger partial charge is 0.378 e. The zero-order valence-corrected chi connectivity index (χ0v) is 19.3. The third-order valence-corrected chi connectivity index (χ3v) is 6.07. The largest absolute Gasteiger partial charge is 0.406 e. The average molecular weight is 501 g/mol. The molecule has 5 rings (SSSR count). The van der Waals surface area contributed by atoms with Crippen molar-refractivity contribution in [1.29, 1.82) is 0 Å². The Labute approximate surface area is 203 Å². The molecular weight excluding hydrogens is 478 g/mol. The number of halogens is 4. The lowest BCUT2D eigenvalue weighted by molar-refractivity contribution is -0.140. The minimum atomic E-state index is -4.42. The molecule has 3 aromatic heterocycles. The van der Waals surface area contributed by atoms with E-state index in [2.05, 4.69) is 15.2 Å². The maximum Gasteiger partial charge on any atom is 0.406 e. The second kappa shape index (κ2) is 9.30. The van der Waals surface area contributed by atoms with E-state index >= 15 is 0 Å². The number of nitrogens with one attached hydrogen (secondary N) is 1. The van der Waals surface area contributed by atoms with Gasteiger partial charge in [-0.25, -0.2) is 9.37 Å². The van der Waals surface area contributed by atoms with Crippen LogP contribution in [0.4, 0.5) is 28.9 Å². The third kappa shape index (κ3) is 4.92. The summed E-state index contributed by atoms with van der Waals surface area (Å²) in [6.07, 6.45) is 3.24. The zero-order valence-electron chi connectivity index (χ0n) is 19.3. The van der Waals surface area contributed by atoms with Gasteiger partial charge in [0.15, 0.2) is 5.65 Å². The second-order valence-electron chi connectivity index (χ2n) is 8.66. The van der Waals surface area contributed by atoms with E-state index in [1.165, 1.54) is 18.2 Å². The summed E-state index contributed by atoms with van der Waals surface area (Å²) in [4.78, 5) is 19.3. The van der Waals surface area contributed by atoms with Gasteiger partial charge in [-0.15, -0.1) is 0 Å². The number of morpholine rings is 1. The van der Waals surface area contributed by atoms with Gasteiger partial charge in [-0.2, -0.15) is 13.2 Å². The Morgan fingerprint density at radius 3 is 2.67 bits per heavy atom. The number of ether oxygens (including phenoxy) is 1. The number of amides is 1. The highest BCUT2D eigenvalue weighted by Crippen LogP contribution is 2.33. The molecule has 0 bridgehead atoms. The molecule has 1 N–H and O–H groups in total. The Bertz CT molecular complexity index is 1420. The molecule has 0 radical (unpaired) electrons. The normalized spacial score (nSPS) is 14.4. The molecule has 0 atom stereocenters. The second-order valence-corrected chi connectivity index (χ2v) is 8.66. The van der Waals surface area contributed by atoms with Crippen molar-refractivity contribution in [3.8, 4) is 11.1 Å². The van der Waals surface area contributed by atoms with Crippen LogP contribution in [0.25, 0.3) is 16.8 Å². The summed E-state index contributed by atoms with van der Waals surface area (Å²) in [6, 6.07) is 6.11. The number of rotatable bonds is 5. The van der Waals surface area contributed by atoms with Crippen LogP contribution < -0.4 is 10.2 Å². The van der Waals surface area contributed by atoms with E-state index in [1.807, 2.05) is 22.9 Å².